The molecule has 0 unspecified atom stereocenters. The maximum atomic E-state index is 11.7. The highest BCUT2D eigenvalue weighted by Gasteiger charge is 2.31. The van der Waals surface area contributed by atoms with E-state index in [0.717, 1.165) is 0 Å². The molecule has 0 fully saturated rings. The standard InChI is InChI=1S/C11H24N2O2/c1-6-15-11(14)9(7-12)10(8(2)3)13(4)5/h8-10H,6-7,12H2,1-5H3/t9-,10-/m0/s1. The van der Waals surface area contributed by atoms with E-state index in [-0.39, 0.29) is 17.9 Å². The monoisotopic (exact) mass is 216 g/mol. The van der Waals surface area contributed by atoms with Crippen molar-refractivity contribution in [1.82, 2.24) is 4.90 Å². The average molecular weight is 216 g/mol. The Morgan fingerprint density at radius 2 is 1.93 bits per heavy atom. The van der Waals surface area contributed by atoms with Crippen molar-refractivity contribution < 1.29 is 9.53 Å². The average Bonchev–Trinajstić information content (AvgIpc) is 2.12. The number of nitrogens with two attached hydrogens (primary N) is 1. The Morgan fingerprint density at radius 3 is 2.20 bits per heavy atom. The summed E-state index contributed by atoms with van der Waals surface area (Å²) in [6.07, 6.45) is 0. The van der Waals surface area contributed by atoms with Crippen LogP contribution in [0.4, 0.5) is 0 Å². The van der Waals surface area contributed by atoms with Gasteiger partial charge in [0.15, 0.2) is 0 Å². The Bertz CT molecular complexity index is 185. The van der Waals surface area contributed by atoms with Crippen molar-refractivity contribution in [2.75, 3.05) is 27.2 Å². The van der Waals surface area contributed by atoms with Crippen LogP contribution in [0.5, 0.6) is 0 Å². The van der Waals surface area contributed by atoms with Gasteiger partial charge in [-0.25, -0.2) is 0 Å². The molecule has 0 aliphatic carbocycles. The molecule has 0 heterocycles. The van der Waals surface area contributed by atoms with Gasteiger partial charge in [-0.05, 0) is 26.9 Å². The Hall–Kier alpha value is -0.610. The minimum Gasteiger partial charge on any atom is -0.466 e. The lowest BCUT2D eigenvalue weighted by atomic mass is 9.89. The lowest BCUT2D eigenvalue weighted by molar-refractivity contribution is -0.150. The Labute approximate surface area is 92.8 Å². The van der Waals surface area contributed by atoms with Crippen LogP contribution < -0.4 is 5.73 Å². The molecule has 0 aliphatic rings. The molecule has 2 N–H and O–H groups in total. The van der Waals surface area contributed by atoms with Gasteiger partial charge >= 0.3 is 5.97 Å². The molecule has 4 nitrogen and oxygen atoms in total. The Kier molecular flexibility index (Phi) is 6.52. The molecular formula is C11H24N2O2. The van der Waals surface area contributed by atoms with Gasteiger partial charge in [0.25, 0.3) is 0 Å². The number of carbonyl (C=O) groups excluding carboxylic acids is 1. The summed E-state index contributed by atoms with van der Waals surface area (Å²) in [6, 6.07) is 0.133. The maximum absolute atomic E-state index is 11.7. The molecule has 0 rings (SSSR count). The van der Waals surface area contributed by atoms with Crippen LogP contribution >= 0.6 is 0 Å². The van der Waals surface area contributed by atoms with Crippen LogP contribution in [0.15, 0.2) is 0 Å². The molecule has 0 saturated heterocycles. The van der Waals surface area contributed by atoms with Gasteiger partial charge in [0.1, 0.15) is 0 Å². The zero-order valence-electron chi connectivity index (χ0n) is 10.5. The lowest BCUT2D eigenvalue weighted by Gasteiger charge is -2.33. The number of hydrogen-bond acceptors (Lipinski definition) is 4. The predicted molar refractivity (Wildman–Crippen MR) is 61.5 cm³/mol. The predicted octanol–water partition coefficient (Wildman–Crippen LogP) is 0.711. The number of nitrogens with zero attached hydrogens (tertiary/aromatic N) is 1. The normalized spacial score (nSPS) is 15.5. The van der Waals surface area contributed by atoms with Crippen LogP contribution in [0.2, 0.25) is 0 Å². The largest absolute Gasteiger partial charge is 0.466 e. The van der Waals surface area contributed by atoms with Crippen LogP contribution in [0.25, 0.3) is 0 Å². The quantitative estimate of drug-likeness (QED) is 0.664. The molecule has 0 saturated carbocycles. The molecule has 2 atom stereocenters. The highest BCUT2D eigenvalue weighted by Crippen LogP contribution is 2.18. The van der Waals surface area contributed by atoms with Gasteiger partial charge in [-0.3, -0.25) is 4.79 Å². The summed E-state index contributed by atoms with van der Waals surface area (Å²) in [7, 11) is 3.93. The lowest BCUT2D eigenvalue weighted by Crippen LogP contribution is -2.47. The fourth-order valence-electron chi connectivity index (χ4n) is 2.05. The Morgan fingerprint density at radius 1 is 1.40 bits per heavy atom. The van der Waals surface area contributed by atoms with Crippen molar-refractivity contribution in [2.24, 2.45) is 17.6 Å². The molecule has 0 aromatic rings. The minimum atomic E-state index is -0.236. The van der Waals surface area contributed by atoms with Crippen LogP contribution in [-0.4, -0.2) is 44.2 Å². The fourth-order valence-corrected chi connectivity index (χ4v) is 2.05. The van der Waals surface area contributed by atoms with Gasteiger partial charge in [0, 0.05) is 12.6 Å². The number of esters is 1. The second-order valence-corrected chi connectivity index (χ2v) is 4.29. The van der Waals surface area contributed by atoms with Gasteiger partial charge in [0.2, 0.25) is 0 Å². The molecule has 0 radical (unpaired) electrons. The van der Waals surface area contributed by atoms with Gasteiger partial charge < -0.3 is 15.4 Å². The maximum Gasteiger partial charge on any atom is 0.311 e. The zero-order chi connectivity index (χ0) is 12.0. The van der Waals surface area contributed by atoms with Crippen molar-refractivity contribution >= 4 is 5.97 Å². The summed E-state index contributed by atoms with van der Waals surface area (Å²) in [5.41, 5.74) is 5.65. The van der Waals surface area contributed by atoms with Crippen molar-refractivity contribution in [3.05, 3.63) is 0 Å². The number of carbonyl (C=O) groups is 1. The molecule has 90 valence electrons. The van der Waals surface area contributed by atoms with E-state index in [2.05, 4.69) is 13.8 Å². The summed E-state index contributed by atoms with van der Waals surface area (Å²) in [5.74, 6) is -0.0506. The Balaban J connectivity index is 4.66. The molecule has 0 bridgehead atoms. The molecule has 0 aromatic heterocycles. The molecule has 15 heavy (non-hydrogen) atoms. The van der Waals surface area contributed by atoms with E-state index in [1.807, 2.05) is 25.9 Å². The van der Waals surface area contributed by atoms with E-state index in [1.165, 1.54) is 0 Å². The zero-order valence-corrected chi connectivity index (χ0v) is 10.5. The first-order valence-corrected chi connectivity index (χ1v) is 5.48. The second-order valence-electron chi connectivity index (χ2n) is 4.29. The van der Waals surface area contributed by atoms with Crippen molar-refractivity contribution in [2.45, 2.75) is 26.8 Å². The van der Waals surface area contributed by atoms with Crippen molar-refractivity contribution in [1.29, 1.82) is 0 Å². The van der Waals surface area contributed by atoms with Gasteiger partial charge in [-0.15, -0.1) is 0 Å². The van der Waals surface area contributed by atoms with Gasteiger partial charge in [-0.2, -0.15) is 0 Å². The summed E-state index contributed by atoms with van der Waals surface area (Å²) < 4.78 is 5.03. The highest BCUT2D eigenvalue weighted by atomic mass is 16.5. The summed E-state index contributed by atoms with van der Waals surface area (Å²) in [4.78, 5) is 13.7. The second kappa shape index (κ2) is 6.80. The third-order valence-corrected chi connectivity index (χ3v) is 2.53. The number of rotatable bonds is 6. The van der Waals surface area contributed by atoms with E-state index >= 15 is 0 Å². The first-order valence-electron chi connectivity index (χ1n) is 5.48. The SMILES string of the molecule is CCOC(=O)[C@@H](CN)[C@H](C(C)C)N(C)C. The van der Waals surface area contributed by atoms with Crippen molar-refractivity contribution in [3.8, 4) is 0 Å². The first-order chi connectivity index (χ1) is 6.95. The molecule has 0 aliphatic heterocycles. The molecule has 0 amide bonds. The van der Waals surface area contributed by atoms with Crippen LogP contribution in [-0.2, 0) is 9.53 Å². The summed E-state index contributed by atoms with van der Waals surface area (Å²) in [5, 5.41) is 0. The highest BCUT2D eigenvalue weighted by molar-refractivity contribution is 5.73. The first kappa shape index (κ1) is 14.4. The van der Waals surface area contributed by atoms with Gasteiger partial charge in [-0.1, -0.05) is 13.8 Å². The number of hydrogen-bond donors (Lipinski definition) is 1. The summed E-state index contributed by atoms with van der Waals surface area (Å²) in [6.45, 7) is 6.73. The molecular weight excluding hydrogens is 192 g/mol. The third-order valence-electron chi connectivity index (χ3n) is 2.53. The molecule has 0 aromatic carbocycles. The van der Waals surface area contributed by atoms with E-state index in [4.69, 9.17) is 10.5 Å². The van der Waals surface area contributed by atoms with Gasteiger partial charge in [0.05, 0.1) is 12.5 Å². The van der Waals surface area contributed by atoms with Crippen LogP contribution in [0.3, 0.4) is 0 Å². The molecule has 4 heteroatoms. The number of ether oxygens (including phenoxy) is 1. The fraction of sp³-hybridized carbons (Fsp3) is 0.909. The van der Waals surface area contributed by atoms with E-state index in [9.17, 15) is 4.79 Å². The topological polar surface area (TPSA) is 55.6 Å². The molecule has 0 spiro atoms. The van der Waals surface area contributed by atoms with Crippen LogP contribution in [0, 0.1) is 11.8 Å². The van der Waals surface area contributed by atoms with E-state index in [1.54, 1.807) is 0 Å². The van der Waals surface area contributed by atoms with E-state index < -0.39 is 0 Å². The van der Waals surface area contributed by atoms with Crippen molar-refractivity contribution in [3.63, 3.8) is 0 Å². The smallest absolute Gasteiger partial charge is 0.311 e. The van der Waals surface area contributed by atoms with Crippen LogP contribution in [0.1, 0.15) is 20.8 Å². The summed E-state index contributed by atoms with van der Waals surface area (Å²) >= 11 is 0. The minimum absolute atomic E-state index is 0.133. The van der Waals surface area contributed by atoms with E-state index in [0.29, 0.717) is 19.1 Å². The third kappa shape index (κ3) is 4.18.